The van der Waals surface area contributed by atoms with Gasteiger partial charge >= 0.3 is 0 Å². The van der Waals surface area contributed by atoms with Gasteiger partial charge in [-0.2, -0.15) is 0 Å². The van der Waals surface area contributed by atoms with Crippen LogP contribution in [-0.4, -0.2) is 23.4 Å². The van der Waals surface area contributed by atoms with Gasteiger partial charge in [0.15, 0.2) is 0 Å². The summed E-state index contributed by atoms with van der Waals surface area (Å²) >= 11 is 6.11. The van der Waals surface area contributed by atoms with Gasteiger partial charge in [-0.3, -0.25) is 0 Å². The van der Waals surface area contributed by atoms with Crippen LogP contribution in [0.5, 0.6) is 0 Å². The fraction of sp³-hybridized carbons (Fsp3) is 0.571. The molecule has 0 aromatic heterocycles. The Morgan fingerprint density at radius 1 is 1.35 bits per heavy atom. The number of halogens is 1. The van der Waals surface area contributed by atoms with Gasteiger partial charge in [-0.25, -0.2) is 0 Å². The minimum Gasteiger partial charge on any atom is -0.390 e. The van der Waals surface area contributed by atoms with Gasteiger partial charge in [0.2, 0.25) is 0 Å². The van der Waals surface area contributed by atoms with Gasteiger partial charge in [0.05, 0.1) is 18.3 Å². The summed E-state index contributed by atoms with van der Waals surface area (Å²) in [6.45, 7) is 8.23. The zero-order valence-electron chi connectivity index (χ0n) is 11.0. The molecule has 96 valence electrons. The van der Waals surface area contributed by atoms with Gasteiger partial charge < -0.3 is 9.84 Å². The minimum atomic E-state index is -0.519. The molecule has 1 rings (SSSR count). The van der Waals surface area contributed by atoms with E-state index in [4.69, 9.17) is 16.3 Å². The Morgan fingerprint density at radius 3 is 2.53 bits per heavy atom. The Labute approximate surface area is 109 Å². The molecule has 2 nitrogen and oxygen atoms in total. The lowest BCUT2D eigenvalue weighted by molar-refractivity contribution is -0.0482. The lowest BCUT2D eigenvalue weighted by Crippen LogP contribution is -2.27. The zero-order chi connectivity index (χ0) is 13.1. The number of aliphatic hydroxyl groups excluding tert-OH is 1. The first-order valence-electron chi connectivity index (χ1n) is 5.85. The Kier molecular flexibility index (Phi) is 4.99. The van der Waals surface area contributed by atoms with E-state index in [9.17, 15) is 5.11 Å². The summed E-state index contributed by atoms with van der Waals surface area (Å²) in [4.78, 5) is 0. The van der Waals surface area contributed by atoms with E-state index in [1.54, 1.807) is 0 Å². The first kappa shape index (κ1) is 14.5. The fourth-order valence-electron chi connectivity index (χ4n) is 1.48. The van der Waals surface area contributed by atoms with Crippen molar-refractivity contribution in [2.45, 2.75) is 45.8 Å². The number of rotatable bonds is 4. The van der Waals surface area contributed by atoms with Crippen molar-refractivity contribution >= 4 is 11.6 Å². The van der Waals surface area contributed by atoms with Crippen LogP contribution in [0.3, 0.4) is 0 Å². The second kappa shape index (κ2) is 5.85. The average Bonchev–Trinajstić information content (AvgIpc) is 2.18. The number of ether oxygens (including phenoxy) is 1. The van der Waals surface area contributed by atoms with Gasteiger partial charge in [-0.15, -0.1) is 0 Å². The van der Waals surface area contributed by atoms with Crippen molar-refractivity contribution in [3.8, 4) is 0 Å². The van der Waals surface area contributed by atoms with E-state index in [1.165, 1.54) is 0 Å². The van der Waals surface area contributed by atoms with Crippen molar-refractivity contribution in [1.82, 2.24) is 0 Å². The highest BCUT2D eigenvalue weighted by atomic mass is 35.5. The van der Waals surface area contributed by atoms with Gasteiger partial charge in [0.25, 0.3) is 0 Å². The largest absolute Gasteiger partial charge is 0.390 e. The minimum absolute atomic E-state index is 0.224. The third-order valence-electron chi connectivity index (χ3n) is 2.37. The van der Waals surface area contributed by atoms with Crippen LogP contribution >= 0.6 is 11.6 Å². The van der Waals surface area contributed by atoms with Gasteiger partial charge in [-0.05, 0) is 44.9 Å². The average molecular weight is 257 g/mol. The SMILES string of the molecule is Cc1ccc(CC(O)COC(C)(C)C)c(Cl)c1. The second-order valence-electron chi connectivity index (χ2n) is 5.38. The first-order valence-corrected chi connectivity index (χ1v) is 6.23. The lowest BCUT2D eigenvalue weighted by atomic mass is 10.1. The maximum absolute atomic E-state index is 9.88. The molecule has 0 aliphatic rings. The Bertz CT molecular complexity index is 369. The van der Waals surface area contributed by atoms with E-state index >= 15 is 0 Å². The van der Waals surface area contributed by atoms with Gasteiger partial charge in [-0.1, -0.05) is 23.7 Å². The third kappa shape index (κ3) is 5.53. The number of aryl methyl sites for hydroxylation is 1. The summed E-state index contributed by atoms with van der Waals surface area (Å²) in [7, 11) is 0. The normalized spacial score (nSPS) is 13.8. The maximum atomic E-state index is 9.88. The Morgan fingerprint density at radius 2 is 2.00 bits per heavy atom. The van der Waals surface area contributed by atoms with Crippen LogP contribution in [0, 0.1) is 6.92 Å². The highest BCUT2D eigenvalue weighted by Gasteiger charge is 2.14. The molecule has 0 spiro atoms. The van der Waals surface area contributed by atoms with Crippen LogP contribution in [0.2, 0.25) is 5.02 Å². The van der Waals surface area contributed by atoms with Crippen LogP contribution in [0.25, 0.3) is 0 Å². The van der Waals surface area contributed by atoms with Crippen LogP contribution in [-0.2, 0) is 11.2 Å². The molecular weight excluding hydrogens is 236 g/mol. The van der Waals surface area contributed by atoms with Crippen molar-refractivity contribution in [3.05, 3.63) is 34.3 Å². The quantitative estimate of drug-likeness (QED) is 0.895. The molecule has 17 heavy (non-hydrogen) atoms. The molecule has 0 amide bonds. The molecule has 0 aliphatic carbocycles. The fourth-order valence-corrected chi connectivity index (χ4v) is 1.79. The zero-order valence-corrected chi connectivity index (χ0v) is 11.7. The summed E-state index contributed by atoms with van der Waals surface area (Å²) in [5.74, 6) is 0. The number of hydrogen-bond donors (Lipinski definition) is 1. The molecule has 0 saturated carbocycles. The van der Waals surface area contributed by atoms with Gasteiger partial charge in [0.1, 0.15) is 0 Å². The van der Waals surface area contributed by atoms with E-state index in [0.29, 0.717) is 18.1 Å². The van der Waals surface area contributed by atoms with Crippen LogP contribution < -0.4 is 0 Å². The Balaban J connectivity index is 2.53. The standard InChI is InChI=1S/C14H21ClO2/c1-10-5-6-11(13(15)7-10)8-12(16)9-17-14(2,3)4/h5-7,12,16H,8-9H2,1-4H3. The topological polar surface area (TPSA) is 29.5 Å². The molecule has 1 aromatic carbocycles. The van der Waals surface area contributed by atoms with Crippen molar-refractivity contribution < 1.29 is 9.84 Å². The molecule has 3 heteroatoms. The molecule has 0 saturated heterocycles. The van der Waals surface area contributed by atoms with Crippen molar-refractivity contribution in [1.29, 1.82) is 0 Å². The monoisotopic (exact) mass is 256 g/mol. The van der Waals surface area contributed by atoms with E-state index in [0.717, 1.165) is 11.1 Å². The summed E-state index contributed by atoms with van der Waals surface area (Å²) in [5.41, 5.74) is 1.86. The smallest absolute Gasteiger partial charge is 0.0814 e. The molecule has 0 bridgehead atoms. The predicted molar refractivity (Wildman–Crippen MR) is 71.6 cm³/mol. The third-order valence-corrected chi connectivity index (χ3v) is 2.72. The second-order valence-corrected chi connectivity index (χ2v) is 5.78. The molecule has 1 unspecified atom stereocenters. The molecule has 1 aromatic rings. The summed E-state index contributed by atoms with van der Waals surface area (Å²) in [6, 6.07) is 5.87. The highest BCUT2D eigenvalue weighted by molar-refractivity contribution is 6.31. The molecule has 1 atom stereocenters. The van der Waals surface area contributed by atoms with E-state index in [2.05, 4.69) is 0 Å². The molecule has 0 heterocycles. The predicted octanol–water partition coefficient (Wildman–Crippen LogP) is 3.37. The molecular formula is C14H21ClO2. The molecule has 1 N–H and O–H groups in total. The Hall–Kier alpha value is -0.570. The van der Waals surface area contributed by atoms with E-state index < -0.39 is 6.10 Å². The van der Waals surface area contributed by atoms with E-state index in [-0.39, 0.29) is 5.60 Å². The summed E-state index contributed by atoms with van der Waals surface area (Å²) in [5, 5.41) is 10.6. The number of hydrogen-bond acceptors (Lipinski definition) is 2. The lowest BCUT2D eigenvalue weighted by Gasteiger charge is -2.22. The summed E-state index contributed by atoms with van der Waals surface area (Å²) in [6.07, 6.45) is 0.00396. The first-order chi connectivity index (χ1) is 7.78. The molecule has 0 fully saturated rings. The van der Waals surface area contributed by atoms with E-state index in [1.807, 2.05) is 45.9 Å². The van der Waals surface area contributed by atoms with Crippen molar-refractivity contribution in [3.63, 3.8) is 0 Å². The van der Waals surface area contributed by atoms with Gasteiger partial charge in [0, 0.05) is 11.4 Å². The molecule has 0 aliphatic heterocycles. The highest BCUT2D eigenvalue weighted by Crippen LogP contribution is 2.19. The van der Waals surface area contributed by atoms with Crippen LogP contribution in [0.15, 0.2) is 18.2 Å². The van der Waals surface area contributed by atoms with Crippen molar-refractivity contribution in [2.75, 3.05) is 6.61 Å². The number of benzene rings is 1. The van der Waals surface area contributed by atoms with Crippen molar-refractivity contribution in [2.24, 2.45) is 0 Å². The summed E-state index contributed by atoms with van der Waals surface area (Å²) < 4.78 is 5.53. The molecule has 0 radical (unpaired) electrons. The maximum Gasteiger partial charge on any atom is 0.0814 e. The van der Waals surface area contributed by atoms with Crippen LogP contribution in [0.4, 0.5) is 0 Å². The number of aliphatic hydroxyl groups is 1. The van der Waals surface area contributed by atoms with Crippen LogP contribution in [0.1, 0.15) is 31.9 Å².